The molecule has 0 aromatic carbocycles. The summed E-state index contributed by atoms with van der Waals surface area (Å²) in [6.45, 7) is 2.67. The predicted molar refractivity (Wildman–Crippen MR) is 71.7 cm³/mol. The van der Waals surface area contributed by atoms with E-state index in [1.807, 2.05) is 19.1 Å². The first-order valence-electron chi connectivity index (χ1n) is 6.15. The van der Waals surface area contributed by atoms with E-state index < -0.39 is 0 Å². The summed E-state index contributed by atoms with van der Waals surface area (Å²) in [6, 6.07) is 3.71. The zero-order valence-electron chi connectivity index (χ0n) is 10.5. The molecule has 0 fully saturated rings. The van der Waals surface area contributed by atoms with E-state index >= 15 is 0 Å². The first-order chi connectivity index (χ1) is 9.29. The van der Waals surface area contributed by atoms with Gasteiger partial charge >= 0.3 is 0 Å². The Morgan fingerprint density at radius 1 is 1.42 bits per heavy atom. The second-order valence-corrected chi connectivity index (χ2v) is 4.27. The SMILES string of the molecule is CCCn1cnc2nc(-c3cccnc3)[nH]c2c1=O. The number of aryl methyl sites for hydroxylation is 1. The van der Waals surface area contributed by atoms with Gasteiger partial charge in [0.05, 0.1) is 0 Å². The van der Waals surface area contributed by atoms with Crippen LogP contribution in [0, 0.1) is 0 Å². The number of fused-ring (bicyclic) bond motifs is 1. The van der Waals surface area contributed by atoms with Crippen LogP contribution in [0.2, 0.25) is 0 Å². The lowest BCUT2D eigenvalue weighted by Gasteiger charge is -2.00. The van der Waals surface area contributed by atoms with Gasteiger partial charge in [-0.2, -0.15) is 0 Å². The van der Waals surface area contributed by atoms with Crippen LogP contribution in [0.25, 0.3) is 22.6 Å². The molecule has 0 spiro atoms. The highest BCUT2D eigenvalue weighted by molar-refractivity contribution is 5.74. The van der Waals surface area contributed by atoms with Gasteiger partial charge in [0.15, 0.2) is 11.2 Å². The van der Waals surface area contributed by atoms with Crippen molar-refractivity contribution in [1.82, 2.24) is 24.5 Å². The van der Waals surface area contributed by atoms with Gasteiger partial charge in [0.25, 0.3) is 5.56 Å². The van der Waals surface area contributed by atoms with Gasteiger partial charge in [-0.1, -0.05) is 6.92 Å². The van der Waals surface area contributed by atoms with E-state index in [1.54, 1.807) is 23.3 Å². The second-order valence-electron chi connectivity index (χ2n) is 4.27. The topological polar surface area (TPSA) is 76.5 Å². The van der Waals surface area contributed by atoms with Gasteiger partial charge in [-0.05, 0) is 18.6 Å². The summed E-state index contributed by atoms with van der Waals surface area (Å²) in [5, 5.41) is 0. The van der Waals surface area contributed by atoms with Crippen molar-refractivity contribution in [3.63, 3.8) is 0 Å². The summed E-state index contributed by atoms with van der Waals surface area (Å²) < 4.78 is 1.59. The number of H-pyrrole nitrogens is 1. The van der Waals surface area contributed by atoms with E-state index in [4.69, 9.17) is 0 Å². The summed E-state index contributed by atoms with van der Waals surface area (Å²) in [4.78, 5) is 27.8. The largest absolute Gasteiger partial charge is 0.332 e. The Morgan fingerprint density at radius 3 is 3.05 bits per heavy atom. The summed E-state index contributed by atoms with van der Waals surface area (Å²) in [5.41, 5.74) is 1.63. The Labute approximate surface area is 109 Å². The zero-order chi connectivity index (χ0) is 13.2. The van der Waals surface area contributed by atoms with E-state index in [-0.39, 0.29) is 5.56 Å². The van der Waals surface area contributed by atoms with Crippen molar-refractivity contribution >= 4 is 11.2 Å². The van der Waals surface area contributed by atoms with Crippen LogP contribution in [0.3, 0.4) is 0 Å². The summed E-state index contributed by atoms with van der Waals surface area (Å²) in [5.74, 6) is 0.613. The number of aromatic nitrogens is 5. The molecular formula is C13H13N5O. The van der Waals surface area contributed by atoms with Crippen LogP contribution < -0.4 is 5.56 Å². The van der Waals surface area contributed by atoms with Gasteiger partial charge in [-0.15, -0.1) is 0 Å². The zero-order valence-corrected chi connectivity index (χ0v) is 10.5. The van der Waals surface area contributed by atoms with E-state index in [0.717, 1.165) is 12.0 Å². The maximum atomic E-state index is 12.2. The standard InChI is InChI=1S/C13H13N5O/c1-2-6-18-8-15-12-10(13(18)19)16-11(17-12)9-4-3-5-14-7-9/h3-5,7-8H,2,6H2,1H3,(H,16,17). The van der Waals surface area contributed by atoms with Crippen LogP contribution >= 0.6 is 0 Å². The molecule has 0 aliphatic heterocycles. The number of imidazole rings is 1. The summed E-state index contributed by atoms with van der Waals surface area (Å²) in [6.07, 6.45) is 5.82. The van der Waals surface area contributed by atoms with Crippen LogP contribution in [0.5, 0.6) is 0 Å². The van der Waals surface area contributed by atoms with Gasteiger partial charge in [-0.3, -0.25) is 14.3 Å². The molecule has 0 unspecified atom stereocenters. The lowest BCUT2D eigenvalue weighted by molar-refractivity contribution is 0.647. The highest BCUT2D eigenvalue weighted by atomic mass is 16.1. The molecule has 0 aliphatic carbocycles. The van der Waals surface area contributed by atoms with Crippen molar-refractivity contribution in [1.29, 1.82) is 0 Å². The van der Waals surface area contributed by atoms with Crippen LogP contribution in [0.4, 0.5) is 0 Å². The van der Waals surface area contributed by atoms with Crippen LogP contribution in [-0.4, -0.2) is 24.5 Å². The van der Waals surface area contributed by atoms with Gasteiger partial charge < -0.3 is 4.98 Å². The van der Waals surface area contributed by atoms with E-state index in [9.17, 15) is 4.79 Å². The monoisotopic (exact) mass is 255 g/mol. The second kappa shape index (κ2) is 4.64. The summed E-state index contributed by atoms with van der Waals surface area (Å²) >= 11 is 0. The number of hydrogen-bond acceptors (Lipinski definition) is 4. The molecule has 0 amide bonds. The van der Waals surface area contributed by atoms with Gasteiger partial charge in [0, 0.05) is 24.5 Å². The molecule has 0 radical (unpaired) electrons. The highest BCUT2D eigenvalue weighted by Gasteiger charge is 2.10. The lowest BCUT2D eigenvalue weighted by atomic mass is 10.3. The minimum atomic E-state index is -0.0884. The first kappa shape index (κ1) is 11.6. The fraction of sp³-hybridized carbons (Fsp3) is 0.231. The molecule has 3 aromatic rings. The fourth-order valence-corrected chi connectivity index (χ4v) is 1.97. The third-order valence-corrected chi connectivity index (χ3v) is 2.88. The Balaban J connectivity index is 2.16. The van der Waals surface area contributed by atoms with Crippen LogP contribution in [0.15, 0.2) is 35.6 Å². The van der Waals surface area contributed by atoms with E-state index in [1.165, 1.54) is 0 Å². The molecule has 3 aromatic heterocycles. The third kappa shape index (κ3) is 2.01. The predicted octanol–water partition coefficient (Wildman–Crippen LogP) is 1.59. The average Bonchev–Trinajstić information content (AvgIpc) is 2.88. The number of rotatable bonds is 3. The lowest BCUT2D eigenvalue weighted by Crippen LogP contribution is -2.20. The quantitative estimate of drug-likeness (QED) is 0.771. The highest BCUT2D eigenvalue weighted by Crippen LogP contribution is 2.15. The maximum Gasteiger partial charge on any atom is 0.279 e. The maximum absolute atomic E-state index is 12.2. The van der Waals surface area contributed by atoms with Crippen molar-refractivity contribution in [2.45, 2.75) is 19.9 Å². The van der Waals surface area contributed by atoms with Crippen LogP contribution in [-0.2, 0) is 6.54 Å². The smallest absolute Gasteiger partial charge is 0.279 e. The van der Waals surface area contributed by atoms with Gasteiger partial charge in [-0.25, -0.2) is 9.97 Å². The molecule has 1 N–H and O–H groups in total. The first-order valence-corrected chi connectivity index (χ1v) is 6.15. The summed E-state index contributed by atoms with van der Waals surface area (Å²) in [7, 11) is 0. The fourth-order valence-electron chi connectivity index (χ4n) is 1.97. The van der Waals surface area contributed by atoms with E-state index in [0.29, 0.717) is 23.5 Å². The normalized spacial score (nSPS) is 11.0. The Hall–Kier alpha value is -2.50. The van der Waals surface area contributed by atoms with Crippen molar-refractivity contribution in [3.8, 4) is 11.4 Å². The number of hydrogen-bond donors (Lipinski definition) is 1. The molecule has 3 heterocycles. The minimum Gasteiger partial charge on any atom is -0.332 e. The molecule has 6 heteroatoms. The Kier molecular flexibility index (Phi) is 2.83. The van der Waals surface area contributed by atoms with Crippen molar-refractivity contribution < 1.29 is 0 Å². The van der Waals surface area contributed by atoms with Gasteiger partial charge in [0.1, 0.15) is 12.2 Å². The molecule has 0 atom stereocenters. The minimum absolute atomic E-state index is 0.0884. The number of pyridine rings is 1. The molecule has 96 valence electrons. The van der Waals surface area contributed by atoms with Crippen molar-refractivity contribution in [2.24, 2.45) is 0 Å². The van der Waals surface area contributed by atoms with Crippen molar-refractivity contribution in [2.75, 3.05) is 0 Å². The molecule has 0 saturated carbocycles. The van der Waals surface area contributed by atoms with Crippen LogP contribution in [0.1, 0.15) is 13.3 Å². The average molecular weight is 255 g/mol. The molecular weight excluding hydrogens is 242 g/mol. The molecule has 0 bridgehead atoms. The van der Waals surface area contributed by atoms with E-state index in [2.05, 4.69) is 19.9 Å². The molecule has 3 rings (SSSR count). The molecule has 6 nitrogen and oxygen atoms in total. The molecule has 0 saturated heterocycles. The van der Waals surface area contributed by atoms with Crippen molar-refractivity contribution in [3.05, 3.63) is 41.2 Å². The van der Waals surface area contributed by atoms with Gasteiger partial charge in [0.2, 0.25) is 0 Å². The Morgan fingerprint density at radius 2 is 2.32 bits per heavy atom. The number of nitrogens with zero attached hydrogens (tertiary/aromatic N) is 4. The Bertz CT molecular complexity index is 760. The number of aromatic amines is 1. The molecule has 19 heavy (non-hydrogen) atoms. The molecule has 0 aliphatic rings. The third-order valence-electron chi connectivity index (χ3n) is 2.88. The number of nitrogens with one attached hydrogen (secondary N) is 1.